The fraction of sp³-hybridized carbons (Fsp3) is 0.727. The molecule has 4 N–H and O–H groups in total. The smallest absolute Gasteiger partial charge is 0.410 e. The number of hydrogen-bond donors (Lipinski definition) is 4. The average Bonchev–Trinajstić information content (AvgIpc) is 3.48. The van der Waals surface area contributed by atoms with E-state index in [2.05, 4.69) is 44.9 Å². The third-order valence-electron chi connectivity index (χ3n) is 6.43. The molecule has 2 aliphatic heterocycles. The molecule has 4 heterocycles. The Balaban J connectivity index is 1.45. The Kier molecular flexibility index (Phi) is 7.49. The van der Waals surface area contributed by atoms with Crippen molar-refractivity contribution in [2.45, 2.75) is 70.6 Å². The number of anilines is 2. The summed E-state index contributed by atoms with van der Waals surface area (Å²) >= 11 is 0. The molecule has 2 aromatic rings. The summed E-state index contributed by atoms with van der Waals surface area (Å²) in [4.78, 5) is 23.6. The number of piperidine rings is 1. The summed E-state index contributed by atoms with van der Waals surface area (Å²) in [6, 6.07) is 0.0368. The fourth-order valence-electron chi connectivity index (χ4n) is 4.25. The van der Waals surface area contributed by atoms with E-state index in [0.29, 0.717) is 25.0 Å². The first-order valence-electron chi connectivity index (χ1n) is 12.0. The van der Waals surface area contributed by atoms with Crippen molar-refractivity contribution >= 4 is 23.6 Å². The maximum atomic E-state index is 12.5. The van der Waals surface area contributed by atoms with Crippen LogP contribution in [0.3, 0.4) is 0 Å². The lowest BCUT2D eigenvalue weighted by atomic mass is 10.1. The third-order valence-corrected chi connectivity index (χ3v) is 6.43. The Hall–Kier alpha value is -2.66. The second-order valence-corrected chi connectivity index (χ2v) is 9.20. The molecule has 0 radical (unpaired) electrons. The Bertz CT molecular complexity index is 931. The van der Waals surface area contributed by atoms with E-state index in [1.165, 1.54) is 0 Å². The van der Waals surface area contributed by atoms with Gasteiger partial charge in [-0.25, -0.2) is 4.79 Å². The molecular weight excluding hydrogens is 424 g/mol. The summed E-state index contributed by atoms with van der Waals surface area (Å²) in [6.45, 7) is 9.14. The molecule has 0 unspecified atom stereocenters. The lowest BCUT2D eigenvalue weighted by Gasteiger charge is -2.32. The number of nitrogens with one attached hydrogen (secondary N) is 3. The molecule has 0 aromatic carbocycles. The highest BCUT2D eigenvalue weighted by Crippen LogP contribution is 2.24. The van der Waals surface area contributed by atoms with Gasteiger partial charge in [0.05, 0.1) is 18.8 Å². The Morgan fingerprint density at radius 2 is 2.09 bits per heavy atom. The van der Waals surface area contributed by atoms with Crippen LogP contribution in [0.15, 0.2) is 6.20 Å². The van der Waals surface area contributed by atoms with Gasteiger partial charge in [0.1, 0.15) is 6.10 Å². The van der Waals surface area contributed by atoms with Gasteiger partial charge < -0.3 is 30.7 Å². The maximum absolute atomic E-state index is 12.5. The highest BCUT2D eigenvalue weighted by atomic mass is 16.6. The molecule has 11 heteroatoms. The number of ether oxygens (including phenoxy) is 1. The van der Waals surface area contributed by atoms with Crippen LogP contribution in [0.25, 0.3) is 5.65 Å². The van der Waals surface area contributed by atoms with Gasteiger partial charge in [0.25, 0.3) is 0 Å². The zero-order valence-corrected chi connectivity index (χ0v) is 19.8. The summed E-state index contributed by atoms with van der Waals surface area (Å²) in [5, 5.41) is 24.1. The van der Waals surface area contributed by atoms with Crippen LogP contribution in [-0.4, -0.2) is 86.7 Å². The Labute approximate surface area is 194 Å². The summed E-state index contributed by atoms with van der Waals surface area (Å²) in [6.07, 6.45) is 4.81. The van der Waals surface area contributed by atoms with Crippen LogP contribution in [0.5, 0.6) is 0 Å². The number of aromatic nitrogens is 4. The number of carbonyl (C=O) groups excluding carboxylic acids is 1. The van der Waals surface area contributed by atoms with E-state index in [9.17, 15) is 9.90 Å². The van der Waals surface area contributed by atoms with E-state index in [1.807, 2.05) is 13.1 Å². The van der Waals surface area contributed by atoms with Gasteiger partial charge in [0.2, 0.25) is 11.9 Å². The monoisotopic (exact) mass is 460 g/mol. The van der Waals surface area contributed by atoms with Crippen LogP contribution in [0.1, 0.15) is 57.9 Å². The predicted molar refractivity (Wildman–Crippen MR) is 126 cm³/mol. The standard InChI is InChI=1S/C22H36N8O3/c1-4-15(13-31)25-20-27-19-18(14(2)3)12-24-30(19)21(28-20)26-16-6-9-29(10-7-16)22(32)33-17-5-8-23-11-17/h12,14-17,23,31H,4-11,13H2,1-3H3,(H2,25,26,27,28)/t15-,17+/m1/s1. The molecule has 0 saturated carbocycles. The maximum Gasteiger partial charge on any atom is 0.410 e. The van der Waals surface area contributed by atoms with Gasteiger partial charge in [-0.05, 0) is 38.1 Å². The highest BCUT2D eigenvalue weighted by Gasteiger charge is 2.28. The van der Waals surface area contributed by atoms with Gasteiger partial charge in [-0.2, -0.15) is 19.6 Å². The van der Waals surface area contributed by atoms with Crippen molar-refractivity contribution in [3.05, 3.63) is 11.8 Å². The zero-order chi connectivity index (χ0) is 23.4. The minimum absolute atomic E-state index is 0.00950. The molecule has 33 heavy (non-hydrogen) atoms. The number of nitrogens with zero attached hydrogens (tertiary/aromatic N) is 5. The van der Waals surface area contributed by atoms with Crippen molar-refractivity contribution in [2.75, 3.05) is 43.4 Å². The van der Waals surface area contributed by atoms with E-state index < -0.39 is 0 Å². The molecule has 2 atom stereocenters. The van der Waals surface area contributed by atoms with Crippen molar-refractivity contribution in [3.8, 4) is 0 Å². The molecule has 11 nitrogen and oxygen atoms in total. The molecule has 0 spiro atoms. The topological polar surface area (TPSA) is 129 Å². The highest BCUT2D eigenvalue weighted by molar-refractivity contribution is 5.68. The lowest BCUT2D eigenvalue weighted by molar-refractivity contribution is 0.0640. The van der Waals surface area contributed by atoms with Crippen LogP contribution in [0.4, 0.5) is 16.7 Å². The second kappa shape index (κ2) is 10.5. The molecule has 0 aliphatic carbocycles. The minimum Gasteiger partial charge on any atom is -0.445 e. The molecule has 1 amide bonds. The van der Waals surface area contributed by atoms with Crippen molar-refractivity contribution in [1.82, 2.24) is 29.8 Å². The third kappa shape index (κ3) is 5.47. The first-order valence-corrected chi connectivity index (χ1v) is 12.0. The van der Waals surface area contributed by atoms with E-state index in [-0.39, 0.29) is 36.8 Å². The van der Waals surface area contributed by atoms with Crippen molar-refractivity contribution < 1.29 is 14.6 Å². The number of hydrogen-bond acceptors (Lipinski definition) is 9. The number of rotatable bonds is 8. The van der Waals surface area contributed by atoms with Gasteiger partial charge in [-0.1, -0.05) is 20.8 Å². The Morgan fingerprint density at radius 3 is 2.73 bits per heavy atom. The number of carbonyl (C=O) groups is 1. The van der Waals surface area contributed by atoms with Crippen molar-refractivity contribution in [2.24, 2.45) is 0 Å². The number of aliphatic hydroxyl groups excluding tert-OH is 1. The Morgan fingerprint density at radius 1 is 1.30 bits per heavy atom. The summed E-state index contributed by atoms with van der Waals surface area (Å²) < 4.78 is 7.35. The van der Waals surface area contributed by atoms with Gasteiger partial charge in [0.15, 0.2) is 5.65 Å². The van der Waals surface area contributed by atoms with Gasteiger partial charge >= 0.3 is 6.09 Å². The molecular formula is C22H36N8O3. The van der Waals surface area contributed by atoms with E-state index >= 15 is 0 Å². The summed E-state index contributed by atoms with van der Waals surface area (Å²) in [7, 11) is 0. The van der Waals surface area contributed by atoms with Crippen LogP contribution < -0.4 is 16.0 Å². The molecule has 2 aromatic heterocycles. The lowest BCUT2D eigenvalue weighted by Crippen LogP contribution is -2.44. The van der Waals surface area contributed by atoms with Crippen LogP contribution in [-0.2, 0) is 4.74 Å². The van der Waals surface area contributed by atoms with Gasteiger partial charge in [-0.3, -0.25) is 0 Å². The molecule has 2 saturated heterocycles. The van der Waals surface area contributed by atoms with Crippen LogP contribution in [0.2, 0.25) is 0 Å². The molecule has 4 rings (SSSR count). The second-order valence-electron chi connectivity index (χ2n) is 9.20. The summed E-state index contributed by atoms with van der Waals surface area (Å²) in [5.41, 5.74) is 1.79. The van der Waals surface area contributed by atoms with Gasteiger partial charge in [-0.15, -0.1) is 0 Å². The average molecular weight is 461 g/mol. The quantitative estimate of drug-likeness (QED) is 0.466. The van der Waals surface area contributed by atoms with Crippen LogP contribution >= 0.6 is 0 Å². The van der Waals surface area contributed by atoms with E-state index in [1.54, 1.807) is 9.42 Å². The van der Waals surface area contributed by atoms with Crippen LogP contribution in [0, 0.1) is 0 Å². The molecule has 2 fully saturated rings. The first kappa shape index (κ1) is 23.5. The molecule has 0 bridgehead atoms. The largest absolute Gasteiger partial charge is 0.445 e. The fourth-order valence-corrected chi connectivity index (χ4v) is 4.25. The number of amides is 1. The minimum atomic E-state index is -0.221. The number of fused-ring (bicyclic) bond motifs is 1. The first-order chi connectivity index (χ1) is 16.0. The van der Waals surface area contributed by atoms with Crippen molar-refractivity contribution in [3.63, 3.8) is 0 Å². The van der Waals surface area contributed by atoms with Gasteiger partial charge in [0, 0.05) is 31.2 Å². The van der Waals surface area contributed by atoms with E-state index in [4.69, 9.17) is 4.74 Å². The number of likely N-dealkylation sites (tertiary alicyclic amines) is 1. The predicted octanol–water partition coefficient (Wildman–Crippen LogP) is 1.81. The van der Waals surface area contributed by atoms with Crippen molar-refractivity contribution in [1.29, 1.82) is 0 Å². The molecule has 2 aliphatic rings. The number of aliphatic hydroxyl groups is 1. The normalized spacial score (nSPS) is 20.4. The SMILES string of the molecule is CC[C@H](CO)Nc1nc(NC2CCN(C(=O)O[C@H]3CCNC3)CC2)n2ncc(C(C)C)c2n1. The van der Waals surface area contributed by atoms with E-state index in [0.717, 1.165) is 50.0 Å². The molecule has 182 valence electrons. The zero-order valence-electron chi connectivity index (χ0n) is 19.8. The summed E-state index contributed by atoms with van der Waals surface area (Å²) in [5.74, 6) is 1.35.